The van der Waals surface area contributed by atoms with Crippen LogP contribution in [0.4, 0.5) is 0 Å². The van der Waals surface area contributed by atoms with Crippen LogP contribution in [0.15, 0.2) is 34.9 Å². The van der Waals surface area contributed by atoms with E-state index in [1.165, 1.54) is 24.0 Å². The first-order valence-corrected chi connectivity index (χ1v) is 6.93. The van der Waals surface area contributed by atoms with Crippen molar-refractivity contribution in [3.63, 3.8) is 0 Å². The maximum atomic E-state index is 5.06. The maximum absolute atomic E-state index is 5.06. The normalized spacial score (nSPS) is 22.2. The molecule has 0 saturated heterocycles. The van der Waals surface area contributed by atoms with Crippen LogP contribution in [0.25, 0.3) is 0 Å². The molecule has 2 aromatic rings. The lowest BCUT2D eigenvalue weighted by atomic mass is 9.74. The number of nitrogens with one attached hydrogen (secondary N) is 1. The highest BCUT2D eigenvalue weighted by Crippen LogP contribution is 2.38. The number of rotatable bonds is 4. The molecule has 0 radical (unpaired) electrons. The predicted molar refractivity (Wildman–Crippen MR) is 75.0 cm³/mol. The summed E-state index contributed by atoms with van der Waals surface area (Å²) in [6, 6.07) is 11.3. The van der Waals surface area contributed by atoms with E-state index in [0.717, 1.165) is 23.9 Å². The number of aryl methyl sites for hydroxylation is 2. The summed E-state index contributed by atoms with van der Waals surface area (Å²) in [5.41, 5.74) is 3.92. The third kappa shape index (κ3) is 2.71. The van der Waals surface area contributed by atoms with E-state index < -0.39 is 0 Å². The van der Waals surface area contributed by atoms with Gasteiger partial charge in [-0.05, 0) is 43.7 Å². The SMILES string of the molecule is Cc1cc(CNC2CC(c3ccccc3C)C2)no1. The third-order valence-electron chi connectivity index (χ3n) is 4.01. The van der Waals surface area contributed by atoms with Crippen molar-refractivity contribution in [2.75, 3.05) is 0 Å². The summed E-state index contributed by atoms with van der Waals surface area (Å²) in [5.74, 6) is 1.60. The van der Waals surface area contributed by atoms with E-state index in [-0.39, 0.29) is 0 Å². The van der Waals surface area contributed by atoms with Crippen molar-refractivity contribution in [1.29, 1.82) is 0 Å². The summed E-state index contributed by atoms with van der Waals surface area (Å²) in [6.07, 6.45) is 2.45. The first-order chi connectivity index (χ1) is 9.22. The minimum Gasteiger partial charge on any atom is -0.361 e. The van der Waals surface area contributed by atoms with Crippen molar-refractivity contribution in [1.82, 2.24) is 10.5 Å². The summed E-state index contributed by atoms with van der Waals surface area (Å²) in [6.45, 7) is 4.94. The van der Waals surface area contributed by atoms with Gasteiger partial charge in [0.25, 0.3) is 0 Å². The number of hydrogen-bond acceptors (Lipinski definition) is 3. The molecule has 0 spiro atoms. The fraction of sp³-hybridized carbons (Fsp3) is 0.438. The van der Waals surface area contributed by atoms with Gasteiger partial charge < -0.3 is 9.84 Å². The predicted octanol–water partition coefficient (Wildman–Crippen LogP) is 3.33. The van der Waals surface area contributed by atoms with Crippen molar-refractivity contribution in [2.45, 2.75) is 45.2 Å². The van der Waals surface area contributed by atoms with Gasteiger partial charge in [-0.1, -0.05) is 29.4 Å². The lowest BCUT2D eigenvalue weighted by molar-refractivity contribution is 0.285. The number of hydrogen-bond donors (Lipinski definition) is 1. The quantitative estimate of drug-likeness (QED) is 0.911. The zero-order valence-electron chi connectivity index (χ0n) is 11.5. The summed E-state index contributed by atoms with van der Waals surface area (Å²) >= 11 is 0. The van der Waals surface area contributed by atoms with Gasteiger partial charge in [-0.3, -0.25) is 0 Å². The molecule has 3 heteroatoms. The summed E-state index contributed by atoms with van der Waals surface area (Å²) in [4.78, 5) is 0. The van der Waals surface area contributed by atoms with Crippen molar-refractivity contribution in [2.24, 2.45) is 0 Å². The molecule has 1 aliphatic carbocycles. The Morgan fingerprint density at radius 2 is 2.05 bits per heavy atom. The van der Waals surface area contributed by atoms with Crippen molar-refractivity contribution >= 4 is 0 Å². The largest absolute Gasteiger partial charge is 0.361 e. The van der Waals surface area contributed by atoms with Crippen LogP contribution in [-0.4, -0.2) is 11.2 Å². The van der Waals surface area contributed by atoms with Gasteiger partial charge in [0, 0.05) is 18.7 Å². The van der Waals surface area contributed by atoms with Gasteiger partial charge >= 0.3 is 0 Å². The van der Waals surface area contributed by atoms with Gasteiger partial charge in [0.15, 0.2) is 0 Å². The molecule has 1 aromatic heterocycles. The fourth-order valence-electron chi connectivity index (χ4n) is 2.83. The van der Waals surface area contributed by atoms with Crippen LogP contribution in [0.2, 0.25) is 0 Å². The second-order valence-corrected chi connectivity index (χ2v) is 5.53. The van der Waals surface area contributed by atoms with Crippen LogP contribution in [0.3, 0.4) is 0 Å². The van der Waals surface area contributed by atoms with E-state index in [1.807, 2.05) is 13.0 Å². The lowest BCUT2D eigenvalue weighted by Crippen LogP contribution is -2.39. The molecule has 0 unspecified atom stereocenters. The van der Waals surface area contributed by atoms with Crippen LogP contribution in [-0.2, 0) is 6.54 Å². The van der Waals surface area contributed by atoms with Crippen LogP contribution < -0.4 is 5.32 Å². The molecule has 1 saturated carbocycles. The number of nitrogens with zero attached hydrogens (tertiary/aromatic N) is 1. The van der Waals surface area contributed by atoms with E-state index in [0.29, 0.717) is 6.04 Å². The van der Waals surface area contributed by atoms with E-state index in [9.17, 15) is 0 Å². The number of aromatic nitrogens is 1. The van der Waals surface area contributed by atoms with Gasteiger partial charge in [-0.25, -0.2) is 0 Å². The van der Waals surface area contributed by atoms with Crippen LogP contribution in [0.5, 0.6) is 0 Å². The highest BCUT2D eigenvalue weighted by Gasteiger charge is 2.30. The van der Waals surface area contributed by atoms with Gasteiger partial charge in [-0.15, -0.1) is 0 Å². The zero-order valence-corrected chi connectivity index (χ0v) is 11.5. The first-order valence-electron chi connectivity index (χ1n) is 6.93. The van der Waals surface area contributed by atoms with Gasteiger partial charge in [0.05, 0.1) is 5.69 Å². The van der Waals surface area contributed by atoms with Gasteiger partial charge in [0.1, 0.15) is 5.76 Å². The molecule has 3 rings (SSSR count). The molecular weight excluding hydrogens is 236 g/mol. The molecule has 0 atom stereocenters. The molecule has 0 bridgehead atoms. The Hall–Kier alpha value is -1.61. The minimum absolute atomic E-state index is 0.613. The Balaban J connectivity index is 1.49. The van der Waals surface area contributed by atoms with Crippen molar-refractivity contribution in [3.8, 4) is 0 Å². The molecule has 1 aliphatic rings. The van der Waals surface area contributed by atoms with Crippen LogP contribution in [0, 0.1) is 13.8 Å². The Kier molecular flexibility index (Phi) is 3.38. The highest BCUT2D eigenvalue weighted by molar-refractivity contribution is 5.31. The second-order valence-electron chi connectivity index (χ2n) is 5.53. The van der Waals surface area contributed by atoms with Crippen LogP contribution in [0.1, 0.15) is 41.3 Å². The standard InChI is InChI=1S/C16H20N2O/c1-11-5-3-4-6-16(11)13-8-14(9-13)17-10-15-7-12(2)19-18-15/h3-7,13-14,17H,8-10H2,1-2H3. The summed E-state index contributed by atoms with van der Waals surface area (Å²) in [7, 11) is 0. The third-order valence-corrected chi connectivity index (χ3v) is 4.01. The molecule has 19 heavy (non-hydrogen) atoms. The zero-order chi connectivity index (χ0) is 13.2. The molecule has 1 heterocycles. The molecule has 0 amide bonds. The topological polar surface area (TPSA) is 38.1 Å². The van der Waals surface area contributed by atoms with Crippen LogP contribution >= 0.6 is 0 Å². The summed E-state index contributed by atoms with van der Waals surface area (Å²) < 4.78 is 5.06. The van der Waals surface area contributed by atoms with Crippen molar-refractivity contribution in [3.05, 3.63) is 52.9 Å². The van der Waals surface area contributed by atoms with Gasteiger partial charge in [0.2, 0.25) is 0 Å². The number of benzene rings is 1. The minimum atomic E-state index is 0.613. The van der Waals surface area contributed by atoms with E-state index in [2.05, 4.69) is 41.7 Å². The average Bonchev–Trinajstić information content (AvgIpc) is 2.75. The summed E-state index contributed by atoms with van der Waals surface area (Å²) in [5, 5.41) is 7.55. The molecule has 0 aliphatic heterocycles. The lowest BCUT2D eigenvalue weighted by Gasteiger charge is -2.37. The Labute approximate surface area is 114 Å². The molecular formula is C16H20N2O. The molecule has 1 fully saturated rings. The van der Waals surface area contributed by atoms with E-state index >= 15 is 0 Å². The second kappa shape index (κ2) is 5.17. The van der Waals surface area contributed by atoms with Gasteiger partial charge in [-0.2, -0.15) is 0 Å². The maximum Gasteiger partial charge on any atom is 0.133 e. The fourth-order valence-corrected chi connectivity index (χ4v) is 2.83. The van der Waals surface area contributed by atoms with E-state index in [1.54, 1.807) is 0 Å². The van der Waals surface area contributed by atoms with E-state index in [4.69, 9.17) is 4.52 Å². The van der Waals surface area contributed by atoms with Crippen molar-refractivity contribution < 1.29 is 4.52 Å². The average molecular weight is 256 g/mol. The molecule has 1 aromatic carbocycles. The monoisotopic (exact) mass is 256 g/mol. The molecule has 100 valence electrons. The molecule has 1 N–H and O–H groups in total. The Morgan fingerprint density at radius 1 is 1.26 bits per heavy atom. The smallest absolute Gasteiger partial charge is 0.133 e. The highest BCUT2D eigenvalue weighted by atomic mass is 16.5. The Bertz CT molecular complexity index is 555. The molecule has 3 nitrogen and oxygen atoms in total. The first kappa shape index (κ1) is 12.4. The Morgan fingerprint density at radius 3 is 2.74 bits per heavy atom.